The van der Waals surface area contributed by atoms with Crippen molar-refractivity contribution < 1.29 is 9.13 Å². The zero-order valence-corrected chi connectivity index (χ0v) is 17.3. The summed E-state index contributed by atoms with van der Waals surface area (Å²) >= 11 is 0. The van der Waals surface area contributed by atoms with E-state index in [4.69, 9.17) is 4.74 Å². The van der Waals surface area contributed by atoms with E-state index in [0.29, 0.717) is 18.2 Å². The van der Waals surface area contributed by atoms with E-state index in [1.807, 2.05) is 25.1 Å². The number of nitrogens with zero attached hydrogens (tertiary/aromatic N) is 2. The fraction of sp³-hybridized carbons (Fsp3) is 0.583. The molecule has 0 atom stereocenters. The topological polar surface area (TPSA) is 35.0 Å². The molecule has 28 heavy (non-hydrogen) atoms. The van der Waals surface area contributed by atoms with E-state index in [2.05, 4.69) is 17.1 Å². The molecule has 2 aromatic rings. The molecular formula is C24H33FN2O. The van der Waals surface area contributed by atoms with Gasteiger partial charge in [-0.25, -0.2) is 4.39 Å². The van der Waals surface area contributed by atoms with Crippen LogP contribution in [0.2, 0.25) is 0 Å². The predicted molar refractivity (Wildman–Crippen MR) is 112 cm³/mol. The molecule has 4 heteroatoms. The number of aryl methyl sites for hydroxylation is 1. The Bertz CT molecular complexity index is 724. The Hall–Kier alpha value is -1.97. The molecule has 0 aliphatic heterocycles. The van der Waals surface area contributed by atoms with Crippen LogP contribution in [0.15, 0.2) is 30.3 Å². The third-order valence-corrected chi connectivity index (χ3v) is 5.93. The largest absolute Gasteiger partial charge is 0.477 e. The van der Waals surface area contributed by atoms with Gasteiger partial charge in [0.1, 0.15) is 5.82 Å². The molecule has 0 spiro atoms. The van der Waals surface area contributed by atoms with Crippen molar-refractivity contribution in [2.45, 2.75) is 71.6 Å². The van der Waals surface area contributed by atoms with Crippen molar-refractivity contribution >= 4 is 0 Å². The smallest absolute Gasteiger partial charge is 0.233 e. The molecule has 3 rings (SSSR count). The molecule has 3 nitrogen and oxygen atoms in total. The van der Waals surface area contributed by atoms with Crippen LogP contribution in [0, 0.1) is 17.7 Å². The van der Waals surface area contributed by atoms with Crippen LogP contribution in [0.4, 0.5) is 4.39 Å². The van der Waals surface area contributed by atoms with E-state index in [-0.39, 0.29) is 5.82 Å². The maximum Gasteiger partial charge on any atom is 0.233 e. The van der Waals surface area contributed by atoms with E-state index in [1.165, 1.54) is 38.5 Å². The first-order chi connectivity index (χ1) is 13.7. The van der Waals surface area contributed by atoms with Crippen molar-refractivity contribution in [2.75, 3.05) is 6.61 Å². The average molecular weight is 385 g/mol. The van der Waals surface area contributed by atoms with Gasteiger partial charge in [-0.2, -0.15) is 0 Å². The summed E-state index contributed by atoms with van der Waals surface area (Å²) < 4.78 is 20.1. The summed E-state index contributed by atoms with van der Waals surface area (Å²) in [6.07, 6.45) is 10.9. The van der Waals surface area contributed by atoms with E-state index in [0.717, 1.165) is 42.2 Å². The number of rotatable bonds is 9. The first-order valence-corrected chi connectivity index (χ1v) is 10.9. The van der Waals surface area contributed by atoms with E-state index in [1.54, 1.807) is 12.1 Å². The normalized spacial score (nSPS) is 19.5. The fourth-order valence-corrected chi connectivity index (χ4v) is 4.24. The Balaban J connectivity index is 1.54. The van der Waals surface area contributed by atoms with Gasteiger partial charge in [0.2, 0.25) is 5.88 Å². The molecule has 1 heterocycles. The summed E-state index contributed by atoms with van der Waals surface area (Å²) in [5.41, 5.74) is 2.25. The second-order valence-corrected chi connectivity index (χ2v) is 8.13. The highest BCUT2D eigenvalue weighted by Crippen LogP contribution is 2.34. The Morgan fingerprint density at radius 2 is 1.68 bits per heavy atom. The minimum absolute atomic E-state index is 0.134. The van der Waals surface area contributed by atoms with Crippen molar-refractivity contribution in [3.05, 3.63) is 41.7 Å². The first kappa shape index (κ1) is 20.8. The SMILES string of the molecule is CCCOc1ccc(-c2ccc(CC[C@H]3CC[C@H](CCC)CC3)c(F)c2)nn1. The number of ether oxygens (including phenoxy) is 1. The van der Waals surface area contributed by atoms with Crippen molar-refractivity contribution in [2.24, 2.45) is 11.8 Å². The minimum atomic E-state index is -0.134. The quantitative estimate of drug-likeness (QED) is 0.488. The number of aromatic nitrogens is 2. The highest BCUT2D eigenvalue weighted by Gasteiger charge is 2.20. The molecule has 0 unspecified atom stereocenters. The van der Waals surface area contributed by atoms with Gasteiger partial charge in [-0.05, 0) is 48.8 Å². The summed E-state index contributed by atoms with van der Waals surface area (Å²) in [5.74, 6) is 2.06. The summed E-state index contributed by atoms with van der Waals surface area (Å²) in [6.45, 7) is 4.94. The van der Waals surface area contributed by atoms with Gasteiger partial charge in [0.15, 0.2) is 0 Å². The van der Waals surface area contributed by atoms with Crippen LogP contribution in [-0.4, -0.2) is 16.8 Å². The van der Waals surface area contributed by atoms with Gasteiger partial charge < -0.3 is 4.74 Å². The second-order valence-electron chi connectivity index (χ2n) is 8.13. The van der Waals surface area contributed by atoms with Crippen LogP contribution in [0.3, 0.4) is 0 Å². The van der Waals surface area contributed by atoms with Gasteiger partial charge in [0.05, 0.1) is 12.3 Å². The van der Waals surface area contributed by atoms with Crippen LogP contribution in [0.1, 0.15) is 70.8 Å². The number of hydrogen-bond donors (Lipinski definition) is 0. The maximum atomic E-state index is 14.6. The molecule has 1 aromatic heterocycles. The molecule has 1 aliphatic carbocycles. The van der Waals surface area contributed by atoms with Crippen LogP contribution < -0.4 is 4.74 Å². The Morgan fingerprint density at radius 3 is 2.29 bits per heavy atom. The van der Waals surface area contributed by atoms with Crippen molar-refractivity contribution in [1.29, 1.82) is 0 Å². The standard InChI is InChI=1S/C24H33FN2O/c1-3-5-18-6-8-19(9-7-18)10-11-20-12-13-21(17-22(20)25)23-14-15-24(27-26-23)28-16-4-2/h12-15,17-19H,3-11,16H2,1-2H3/t18-,19-. The van der Waals surface area contributed by atoms with E-state index in [9.17, 15) is 4.39 Å². The summed E-state index contributed by atoms with van der Waals surface area (Å²) in [4.78, 5) is 0. The highest BCUT2D eigenvalue weighted by atomic mass is 19.1. The van der Waals surface area contributed by atoms with Gasteiger partial charge in [-0.1, -0.05) is 64.5 Å². The molecule has 0 bridgehead atoms. The lowest BCUT2D eigenvalue weighted by Crippen LogP contribution is -2.15. The third-order valence-electron chi connectivity index (χ3n) is 5.93. The Morgan fingerprint density at radius 1 is 0.929 bits per heavy atom. The number of hydrogen-bond acceptors (Lipinski definition) is 3. The van der Waals surface area contributed by atoms with Crippen molar-refractivity contribution in [3.8, 4) is 17.1 Å². The molecule has 1 aromatic carbocycles. The van der Waals surface area contributed by atoms with Crippen LogP contribution in [0.25, 0.3) is 11.3 Å². The van der Waals surface area contributed by atoms with Crippen molar-refractivity contribution in [1.82, 2.24) is 10.2 Å². The van der Waals surface area contributed by atoms with Crippen LogP contribution >= 0.6 is 0 Å². The van der Waals surface area contributed by atoms with E-state index < -0.39 is 0 Å². The molecule has 1 fully saturated rings. The first-order valence-electron chi connectivity index (χ1n) is 10.9. The molecule has 0 N–H and O–H groups in total. The third kappa shape index (κ3) is 5.76. The average Bonchev–Trinajstić information content (AvgIpc) is 2.73. The van der Waals surface area contributed by atoms with Gasteiger partial charge in [0.25, 0.3) is 0 Å². The van der Waals surface area contributed by atoms with Crippen LogP contribution in [-0.2, 0) is 6.42 Å². The predicted octanol–water partition coefficient (Wildman–Crippen LogP) is 6.61. The fourth-order valence-electron chi connectivity index (χ4n) is 4.24. The number of halogens is 1. The highest BCUT2D eigenvalue weighted by molar-refractivity contribution is 5.59. The van der Waals surface area contributed by atoms with Gasteiger partial charge >= 0.3 is 0 Å². The maximum absolute atomic E-state index is 14.6. The molecule has 0 radical (unpaired) electrons. The lowest BCUT2D eigenvalue weighted by Gasteiger charge is -2.28. The van der Waals surface area contributed by atoms with Gasteiger partial charge in [-0.3, -0.25) is 0 Å². The lowest BCUT2D eigenvalue weighted by atomic mass is 9.78. The Kier molecular flexibility index (Phi) is 7.81. The molecule has 1 aliphatic rings. The molecular weight excluding hydrogens is 351 g/mol. The number of benzene rings is 1. The van der Waals surface area contributed by atoms with Gasteiger partial charge in [0, 0.05) is 11.6 Å². The zero-order chi connectivity index (χ0) is 19.8. The van der Waals surface area contributed by atoms with Gasteiger partial charge in [-0.15, -0.1) is 10.2 Å². The molecule has 1 saturated carbocycles. The van der Waals surface area contributed by atoms with Crippen LogP contribution in [0.5, 0.6) is 5.88 Å². The Labute approximate surface area is 168 Å². The molecule has 152 valence electrons. The van der Waals surface area contributed by atoms with E-state index >= 15 is 0 Å². The second kappa shape index (κ2) is 10.5. The molecule has 0 saturated heterocycles. The minimum Gasteiger partial charge on any atom is -0.477 e. The summed E-state index contributed by atoms with van der Waals surface area (Å²) in [5, 5.41) is 8.24. The summed E-state index contributed by atoms with van der Waals surface area (Å²) in [7, 11) is 0. The lowest BCUT2D eigenvalue weighted by molar-refractivity contribution is 0.252. The van der Waals surface area contributed by atoms with Crippen molar-refractivity contribution in [3.63, 3.8) is 0 Å². The summed E-state index contributed by atoms with van der Waals surface area (Å²) in [6, 6.07) is 9.08. The molecule has 0 amide bonds. The monoisotopic (exact) mass is 384 g/mol. The zero-order valence-electron chi connectivity index (χ0n) is 17.3.